The van der Waals surface area contributed by atoms with Crippen molar-refractivity contribution in [2.45, 2.75) is 26.2 Å². The zero-order chi connectivity index (χ0) is 12.1. The minimum atomic E-state index is 0.277. The molecule has 1 heterocycles. The van der Waals surface area contributed by atoms with E-state index in [2.05, 4.69) is 42.2 Å². The van der Waals surface area contributed by atoms with Gasteiger partial charge in [-0.05, 0) is 18.4 Å². The molecule has 0 spiro atoms. The molecule has 0 unspecified atom stereocenters. The van der Waals surface area contributed by atoms with Gasteiger partial charge in [-0.15, -0.1) is 0 Å². The van der Waals surface area contributed by atoms with Gasteiger partial charge in [0.2, 0.25) is 0 Å². The molecule has 0 aromatic heterocycles. The van der Waals surface area contributed by atoms with Crippen LogP contribution < -0.4 is 0 Å². The fourth-order valence-electron chi connectivity index (χ4n) is 2.47. The van der Waals surface area contributed by atoms with Crippen LogP contribution in [0.3, 0.4) is 0 Å². The van der Waals surface area contributed by atoms with E-state index in [0.29, 0.717) is 5.78 Å². The monoisotopic (exact) mass is 231 g/mol. The van der Waals surface area contributed by atoms with E-state index < -0.39 is 0 Å². The number of nitrogens with zero attached hydrogens (tertiary/aromatic N) is 1. The summed E-state index contributed by atoms with van der Waals surface area (Å²) in [5, 5.41) is 0. The third kappa shape index (κ3) is 3.40. The summed E-state index contributed by atoms with van der Waals surface area (Å²) in [5.41, 5.74) is 1.39. The third-order valence-corrected chi connectivity index (χ3v) is 3.66. The molecule has 17 heavy (non-hydrogen) atoms. The molecule has 0 saturated carbocycles. The third-order valence-electron chi connectivity index (χ3n) is 3.66. The SMILES string of the molecule is CC[C@H]1CN(CCc2ccccc2)CCC1=O. The van der Waals surface area contributed by atoms with Crippen molar-refractivity contribution in [2.24, 2.45) is 5.92 Å². The maximum Gasteiger partial charge on any atom is 0.138 e. The van der Waals surface area contributed by atoms with Crippen molar-refractivity contribution in [2.75, 3.05) is 19.6 Å². The number of benzene rings is 1. The first kappa shape index (κ1) is 12.3. The number of carbonyl (C=O) groups is 1. The summed E-state index contributed by atoms with van der Waals surface area (Å²) in [4.78, 5) is 14.1. The Morgan fingerprint density at radius 3 is 2.76 bits per heavy atom. The van der Waals surface area contributed by atoms with Crippen molar-refractivity contribution in [1.29, 1.82) is 0 Å². The number of hydrogen-bond acceptors (Lipinski definition) is 2. The lowest BCUT2D eigenvalue weighted by Crippen LogP contribution is -2.41. The average Bonchev–Trinajstić information content (AvgIpc) is 2.39. The van der Waals surface area contributed by atoms with Crippen LogP contribution in [0.4, 0.5) is 0 Å². The molecule has 0 radical (unpaired) electrons. The number of ketones is 1. The summed E-state index contributed by atoms with van der Waals surface area (Å²) in [6, 6.07) is 10.6. The van der Waals surface area contributed by atoms with E-state index in [4.69, 9.17) is 0 Å². The van der Waals surface area contributed by atoms with Gasteiger partial charge < -0.3 is 4.90 Å². The molecule has 92 valence electrons. The van der Waals surface area contributed by atoms with Gasteiger partial charge in [-0.25, -0.2) is 0 Å². The van der Waals surface area contributed by atoms with Crippen molar-refractivity contribution in [1.82, 2.24) is 4.90 Å². The Kier molecular flexibility index (Phi) is 4.32. The zero-order valence-corrected chi connectivity index (χ0v) is 10.6. The Hall–Kier alpha value is -1.15. The molecule has 1 saturated heterocycles. The van der Waals surface area contributed by atoms with Crippen molar-refractivity contribution in [3.8, 4) is 0 Å². The molecule has 0 aliphatic carbocycles. The maximum absolute atomic E-state index is 11.6. The molecule has 2 heteroatoms. The summed E-state index contributed by atoms with van der Waals surface area (Å²) in [6.07, 6.45) is 2.82. The minimum Gasteiger partial charge on any atom is -0.302 e. The Bertz CT molecular complexity index is 360. The van der Waals surface area contributed by atoms with Crippen molar-refractivity contribution < 1.29 is 4.79 Å². The predicted octanol–water partition coefficient (Wildman–Crippen LogP) is 2.53. The van der Waals surface area contributed by atoms with E-state index in [1.54, 1.807) is 0 Å². The first-order valence-corrected chi connectivity index (χ1v) is 6.58. The maximum atomic E-state index is 11.6. The highest BCUT2D eigenvalue weighted by molar-refractivity contribution is 5.82. The van der Waals surface area contributed by atoms with Gasteiger partial charge in [0.15, 0.2) is 0 Å². The Morgan fingerprint density at radius 2 is 2.06 bits per heavy atom. The fourth-order valence-corrected chi connectivity index (χ4v) is 2.47. The van der Waals surface area contributed by atoms with E-state index >= 15 is 0 Å². The summed E-state index contributed by atoms with van der Waals surface area (Å²) in [6.45, 7) is 5.10. The minimum absolute atomic E-state index is 0.277. The molecule has 1 atom stereocenters. The van der Waals surface area contributed by atoms with Crippen LogP contribution in [0.1, 0.15) is 25.3 Å². The van der Waals surface area contributed by atoms with Gasteiger partial charge >= 0.3 is 0 Å². The molecule has 1 aliphatic rings. The molecular weight excluding hydrogens is 210 g/mol. The first-order valence-electron chi connectivity index (χ1n) is 6.58. The van der Waals surface area contributed by atoms with Crippen LogP contribution in [0.5, 0.6) is 0 Å². The van der Waals surface area contributed by atoms with Crippen LogP contribution in [-0.4, -0.2) is 30.3 Å². The number of hydrogen-bond donors (Lipinski definition) is 0. The highest BCUT2D eigenvalue weighted by Gasteiger charge is 2.24. The molecule has 2 nitrogen and oxygen atoms in total. The zero-order valence-electron chi connectivity index (χ0n) is 10.6. The number of likely N-dealkylation sites (tertiary alicyclic amines) is 1. The highest BCUT2D eigenvalue weighted by Crippen LogP contribution is 2.16. The predicted molar refractivity (Wildman–Crippen MR) is 70.0 cm³/mol. The Labute approximate surface area is 104 Å². The first-order chi connectivity index (χ1) is 8.29. The lowest BCUT2D eigenvalue weighted by Gasteiger charge is -2.31. The summed E-state index contributed by atoms with van der Waals surface area (Å²) in [7, 11) is 0. The summed E-state index contributed by atoms with van der Waals surface area (Å²) in [5.74, 6) is 0.739. The number of rotatable bonds is 4. The van der Waals surface area contributed by atoms with Crippen molar-refractivity contribution in [3.05, 3.63) is 35.9 Å². The molecule has 2 rings (SSSR count). The number of piperidine rings is 1. The van der Waals surface area contributed by atoms with Crippen LogP contribution in [0, 0.1) is 5.92 Å². The average molecular weight is 231 g/mol. The molecule has 1 aliphatic heterocycles. The molecule has 0 N–H and O–H groups in total. The van der Waals surface area contributed by atoms with Crippen LogP contribution >= 0.6 is 0 Å². The van der Waals surface area contributed by atoms with E-state index in [-0.39, 0.29) is 5.92 Å². The normalized spacial score (nSPS) is 21.7. The van der Waals surface area contributed by atoms with E-state index in [1.165, 1.54) is 5.56 Å². The highest BCUT2D eigenvalue weighted by atomic mass is 16.1. The lowest BCUT2D eigenvalue weighted by molar-refractivity contribution is -0.126. The Balaban J connectivity index is 1.82. The van der Waals surface area contributed by atoms with Crippen molar-refractivity contribution in [3.63, 3.8) is 0 Å². The molecule has 0 amide bonds. The molecular formula is C15H21NO. The van der Waals surface area contributed by atoms with Gasteiger partial charge in [0.1, 0.15) is 5.78 Å². The van der Waals surface area contributed by atoms with Crippen LogP contribution in [0.25, 0.3) is 0 Å². The standard InChI is InChI=1S/C15H21NO/c1-2-14-12-16(11-9-15(14)17)10-8-13-6-4-3-5-7-13/h3-7,14H,2,8-12H2,1H3/t14-/m0/s1. The van der Waals surface area contributed by atoms with Gasteiger partial charge in [0.05, 0.1) is 0 Å². The van der Waals surface area contributed by atoms with Crippen LogP contribution in [-0.2, 0) is 11.2 Å². The van der Waals surface area contributed by atoms with Crippen LogP contribution in [0.2, 0.25) is 0 Å². The topological polar surface area (TPSA) is 20.3 Å². The van der Waals surface area contributed by atoms with Gasteiger partial charge in [-0.1, -0.05) is 37.3 Å². The smallest absolute Gasteiger partial charge is 0.138 e. The van der Waals surface area contributed by atoms with E-state index in [0.717, 1.165) is 38.9 Å². The van der Waals surface area contributed by atoms with E-state index in [9.17, 15) is 4.79 Å². The second-order valence-electron chi connectivity index (χ2n) is 4.86. The number of Topliss-reactive ketones (excluding diaryl/α,β-unsaturated/α-hetero) is 1. The summed E-state index contributed by atoms with van der Waals surface area (Å²) < 4.78 is 0. The summed E-state index contributed by atoms with van der Waals surface area (Å²) >= 11 is 0. The van der Waals surface area contributed by atoms with Gasteiger partial charge in [-0.2, -0.15) is 0 Å². The van der Waals surface area contributed by atoms with E-state index in [1.807, 2.05) is 0 Å². The van der Waals surface area contributed by atoms with Gasteiger partial charge in [0, 0.05) is 32.0 Å². The second-order valence-corrected chi connectivity index (χ2v) is 4.86. The Morgan fingerprint density at radius 1 is 1.29 bits per heavy atom. The van der Waals surface area contributed by atoms with Gasteiger partial charge in [-0.3, -0.25) is 4.79 Å². The number of carbonyl (C=O) groups excluding carboxylic acids is 1. The molecule has 1 aromatic carbocycles. The lowest BCUT2D eigenvalue weighted by atomic mass is 9.94. The quantitative estimate of drug-likeness (QED) is 0.793. The fraction of sp³-hybridized carbons (Fsp3) is 0.533. The van der Waals surface area contributed by atoms with Crippen LogP contribution in [0.15, 0.2) is 30.3 Å². The molecule has 0 bridgehead atoms. The van der Waals surface area contributed by atoms with Gasteiger partial charge in [0.25, 0.3) is 0 Å². The molecule has 1 aromatic rings. The largest absolute Gasteiger partial charge is 0.302 e. The van der Waals surface area contributed by atoms with Crippen molar-refractivity contribution >= 4 is 5.78 Å². The molecule has 1 fully saturated rings. The second kappa shape index (κ2) is 5.97.